The number of carboxylic acids is 1. The number of aromatic carboxylic acids is 1. The highest BCUT2D eigenvalue weighted by Gasteiger charge is 2.25. The van der Waals surface area contributed by atoms with Gasteiger partial charge in [0.1, 0.15) is 24.6 Å². The summed E-state index contributed by atoms with van der Waals surface area (Å²) in [5.74, 6) is -1.88. The number of ether oxygens (including phenoxy) is 2. The first kappa shape index (κ1) is 21.1. The lowest BCUT2D eigenvalue weighted by Gasteiger charge is -2.15. The maximum Gasteiger partial charge on any atom is 0.339 e. The first-order valence-corrected chi connectivity index (χ1v) is 8.60. The molecule has 2 rings (SSSR count). The number of carbonyl (C=O) groups excluding carboxylic acids is 2. The predicted octanol–water partition coefficient (Wildman–Crippen LogP) is 2.88. The Labute approximate surface area is 162 Å². The summed E-state index contributed by atoms with van der Waals surface area (Å²) in [6, 6.07) is 10.7. The van der Waals surface area contributed by atoms with Crippen LogP contribution in [0.3, 0.4) is 0 Å². The number of rotatable bonds is 8. The van der Waals surface area contributed by atoms with E-state index >= 15 is 0 Å². The number of esters is 1. The van der Waals surface area contributed by atoms with Gasteiger partial charge < -0.3 is 19.7 Å². The fourth-order valence-corrected chi connectivity index (χ4v) is 2.44. The minimum absolute atomic E-state index is 0.0208. The number of Topliss-reactive ketones (excluding diaryl/α,β-unsaturated/α-hetero) is 1. The monoisotopic (exact) mass is 386 g/mol. The van der Waals surface area contributed by atoms with Crippen molar-refractivity contribution in [2.75, 3.05) is 13.2 Å². The lowest BCUT2D eigenvalue weighted by Crippen LogP contribution is -2.30. The van der Waals surface area contributed by atoms with Crippen molar-refractivity contribution in [3.63, 3.8) is 0 Å². The van der Waals surface area contributed by atoms with Gasteiger partial charge in [-0.1, -0.05) is 11.6 Å². The van der Waals surface area contributed by atoms with Gasteiger partial charge in [0.15, 0.2) is 5.78 Å². The molecular formula is C21H22O7. The van der Waals surface area contributed by atoms with E-state index in [1.165, 1.54) is 38.1 Å². The van der Waals surface area contributed by atoms with Gasteiger partial charge in [0.05, 0.1) is 11.1 Å². The molecule has 0 fully saturated rings. The molecule has 0 aromatic heterocycles. The first-order chi connectivity index (χ1) is 13.1. The summed E-state index contributed by atoms with van der Waals surface area (Å²) in [6.07, 6.45) is 0. The van der Waals surface area contributed by atoms with Gasteiger partial charge in [-0.2, -0.15) is 0 Å². The smallest absolute Gasteiger partial charge is 0.339 e. The Kier molecular flexibility index (Phi) is 6.53. The van der Waals surface area contributed by atoms with Gasteiger partial charge in [-0.25, -0.2) is 9.59 Å². The Hall–Kier alpha value is -3.19. The van der Waals surface area contributed by atoms with Crippen LogP contribution >= 0.6 is 0 Å². The van der Waals surface area contributed by atoms with Crippen LogP contribution in [-0.4, -0.2) is 46.7 Å². The Morgan fingerprint density at radius 3 is 2.18 bits per heavy atom. The Bertz CT molecular complexity index is 877. The molecule has 0 amide bonds. The number of carboxylic acid groups (broad SMARTS) is 1. The number of hydrogen-bond acceptors (Lipinski definition) is 6. The molecule has 2 aromatic carbocycles. The van der Waals surface area contributed by atoms with Crippen molar-refractivity contribution in [2.24, 2.45) is 0 Å². The number of benzene rings is 2. The molecular weight excluding hydrogens is 364 g/mol. The van der Waals surface area contributed by atoms with Crippen LogP contribution < -0.4 is 4.74 Å². The molecule has 0 aliphatic heterocycles. The number of hydrogen-bond donors (Lipinski definition) is 2. The summed E-state index contributed by atoms with van der Waals surface area (Å²) in [5, 5.41) is 18.9. The van der Waals surface area contributed by atoms with E-state index in [9.17, 15) is 24.6 Å². The first-order valence-electron chi connectivity index (χ1n) is 8.60. The number of carbonyl (C=O) groups is 3. The van der Waals surface area contributed by atoms with Gasteiger partial charge in [0.25, 0.3) is 0 Å². The summed E-state index contributed by atoms with van der Waals surface area (Å²) < 4.78 is 10.5. The quantitative estimate of drug-likeness (QED) is 0.408. The molecule has 0 radical (unpaired) electrons. The van der Waals surface area contributed by atoms with Crippen LogP contribution in [0.4, 0.5) is 0 Å². The average Bonchev–Trinajstić information content (AvgIpc) is 2.64. The molecule has 0 unspecified atom stereocenters. The van der Waals surface area contributed by atoms with Crippen LogP contribution in [0.15, 0.2) is 42.5 Å². The van der Waals surface area contributed by atoms with Gasteiger partial charge in [-0.3, -0.25) is 4.79 Å². The molecule has 2 aromatic rings. The molecule has 28 heavy (non-hydrogen) atoms. The van der Waals surface area contributed by atoms with Crippen molar-refractivity contribution >= 4 is 17.7 Å². The highest BCUT2D eigenvalue weighted by molar-refractivity contribution is 6.02. The van der Waals surface area contributed by atoms with Crippen LogP contribution in [0.5, 0.6) is 5.75 Å². The molecule has 7 heteroatoms. The number of aryl methyl sites for hydroxylation is 1. The zero-order valence-corrected chi connectivity index (χ0v) is 15.9. The highest BCUT2D eigenvalue weighted by atomic mass is 16.6. The molecule has 0 aliphatic carbocycles. The van der Waals surface area contributed by atoms with Gasteiger partial charge in [-0.05, 0) is 57.2 Å². The van der Waals surface area contributed by atoms with Crippen LogP contribution in [0.2, 0.25) is 0 Å². The van der Waals surface area contributed by atoms with Crippen molar-refractivity contribution in [2.45, 2.75) is 26.4 Å². The largest absolute Gasteiger partial charge is 0.490 e. The van der Waals surface area contributed by atoms with Crippen LogP contribution in [-0.2, 0) is 4.74 Å². The minimum Gasteiger partial charge on any atom is -0.490 e. The fourth-order valence-electron chi connectivity index (χ4n) is 2.44. The third-order valence-corrected chi connectivity index (χ3v) is 3.88. The maximum atomic E-state index is 12.1. The summed E-state index contributed by atoms with van der Waals surface area (Å²) in [4.78, 5) is 35.3. The maximum absolute atomic E-state index is 12.1. The zero-order chi connectivity index (χ0) is 20.9. The van der Waals surface area contributed by atoms with Crippen LogP contribution in [0, 0.1) is 6.92 Å². The molecule has 0 saturated carbocycles. The van der Waals surface area contributed by atoms with Crippen molar-refractivity contribution in [1.82, 2.24) is 0 Å². The van der Waals surface area contributed by atoms with E-state index in [0.29, 0.717) is 11.3 Å². The van der Waals surface area contributed by atoms with Gasteiger partial charge in [0.2, 0.25) is 0 Å². The van der Waals surface area contributed by atoms with E-state index in [0.717, 1.165) is 5.56 Å². The third kappa shape index (κ3) is 5.40. The standard InChI is InChI=1S/C21H22O7/c1-13-4-9-16(17(12-13)19(23)24)20(25)28-11-10-27-15-7-5-14(6-8-15)18(22)21(2,3)26/h4-9,12,26H,10-11H2,1-3H3,(H,23,24). The van der Waals surface area contributed by atoms with Crippen molar-refractivity contribution in [3.05, 3.63) is 64.7 Å². The van der Waals surface area contributed by atoms with Crippen LogP contribution in [0.25, 0.3) is 0 Å². The third-order valence-electron chi connectivity index (χ3n) is 3.88. The summed E-state index contributed by atoms with van der Waals surface area (Å²) >= 11 is 0. The second-order valence-corrected chi connectivity index (χ2v) is 6.75. The molecule has 148 valence electrons. The fraction of sp³-hybridized carbons (Fsp3) is 0.286. The van der Waals surface area contributed by atoms with Gasteiger partial charge >= 0.3 is 11.9 Å². The number of aliphatic hydroxyl groups is 1. The normalized spacial score (nSPS) is 11.0. The molecule has 0 bridgehead atoms. The number of ketones is 1. The van der Waals surface area contributed by atoms with Crippen LogP contribution in [0.1, 0.15) is 50.5 Å². The van der Waals surface area contributed by atoms with Crippen molar-refractivity contribution in [1.29, 1.82) is 0 Å². The minimum atomic E-state index is -1.46. The van der Waals surface area contributed by atoms with Crippen molar-refractivity contribution < 1.29 is 34.1 Å². The molecule has 0 heterocycles. The summed E-state index contributed by atoms with van der Waals surface area (Å²) in [5.41, 5.74) is -0.511. The van der Waals surface area contributed by atoms with E-state index < -0.39 is 23.3 Å². The molecule has 2 N–H and O–H groups in total. The van der Waals surface area contributed by atoms with E-state index in [2.05, 4.69) is 0 Å². The molecule has 0 spiro atoms. The highest BCUT2D eigenvalue weighted by Crippen LogP contribution is 2.17. The summed E-state index contributed by atoms with van der Waals surface area (Å²) in [7, 11) is 0. The molecule has 7 nitrogen and oxygen atoms in total. The lowest BCUT2D eigenvalue weighted by atomic mass is 9.97. The molecule has 0 saturated heterocycles. The van der Waals surface area contributed by atoms with E-state index in [1.54, 1.807) is 25.1 Å². The topological polar surface area (TPSA) is 110 Å². The van der Waals surface area contributed by atoms with Crippen molar-refractivity contribution in [3.8, 4) is 5.75 Å². The molecule has 0 atom stereocenters. The van der Waals surface area contributed by atoms with Gasteiger partial charge in [0, 0.05) is 5.56 Å². The summed E-state index contributed by atoms with van der Waals surface area (Å²) in [6.45, 7) is 4.54. The average molecular weight is 386 g/mol. The van der Waals surface area contributed by atoms with E-state index in [-0.39, 0.29) is 24.3 Å². The Morgan fingerprint density at radius 2 is 1.61 bits per heavy atom. The lowest BCUT2D eigenvalue weighted by molar-refractivity contribution is 0.0442. The predicted molar refractivity (Wildman–Crippen MR) is 101 cm³/mol. The zero-order valence-electron chi connectivity index (χ0n) is 15.9. The second-order valence-electron chi connectivity index (χ2n) is 6.75. The SMILES string of the molecule is Cc1ccc(C(=O)OCCOc2ccc(C(=O)C(C)(C)O)cc2)c(C(=O)O)c1. The Morgan fingerprint density at radius 1 is 0.964 bits per heavy atom. The second kappa shape index (κ2) is 8.67. The van der Waals surface area contributed by atoms with Gasteiger partial charge in [-0.15, -0.1) is 0 Å². The Balaban J connectivity index is 1.89. The van der Waals surface area contributed by atoms with E-state index in [1.807, 2.05) is 0 Å². The molecule has 0 aliphatic rings. The van der Waals surface area contributed by atoms with E-state index in [4.69, 9.17) is 9.47 Å².